The van der Waals surface area contributed by atoms with Crippen molar-refractivity contribution in [2.45, 2.75) is 13.0 Å². The summed E-state index contributed by atoms with van der Waals surface area (Å²) in [4.78, 5) is 53.4. The Bertz CT molecular complexity index is 1540. The van der Waals surface area contributed by atoms with Gasteiger partial charge in [-0.05, 0) is 42.3 Å². The van der Waals surface area contributed by atoms with E-state index >= 15 is 0 Å². The van der Waals surface area contributed by atoms with Crippen molar-refractivity contribution in [1.82, 2.24) is 9.80 Å². The van der Waals surface area contributed by atoms with E-state index in [2.05, 4.69) is 0 Å². The Balaban J connectivity index is 1.70. The molecule has 1 saturated heterocycles. The van der Waals surface area contributed by atoms with Crippen molar-refractivity contribution < 1.29 is 43.0 Å². The quantitative estimate of drug-likeness (QED) is 0.232. The lowest BCUT2D eigenvalue weighted by atomic mass is 9.96. The van der Waals surface area contributed by atoms with Crippen molar-refractivity contribution >= 4 is 35.2 Å². The van der Waals surface area contributed by atoms with Crippen LogP contribution in [0.2, 0.25) is 5.02 Å². The molecule has 0 N–H and O–H groups in total. The summed E-state index contributed by atoms with van der Waals surface area (Å²) in [6.45, 7) is -0.710. The first-order valence-electron chi connectivity index (χ1n) is 13.2. The van der Waals surface area contributed by atoms with Crippen molar-refractivity contribution in [3.8, 4) is 28.7 Å². The van der Waals surface area contributed by atoms with Gasteiger partial charge in [0, 0.05) is 35.8 Å². The van der Waals surface area contributed by atoms with Crippen LogP contribution in [0, 0.1) is 16.0 Å². The third-order valence-electron chi connectivity index (χ3n) is 7.05. The van der Waals surface area contributed by atoms with Crippen molar-refractivity contribution in [1.29, 1.82) is 0 Å². The third-order valence-corrected chi connectivity index (χ3v) is 7.29. The highest BCUT2D eigenvalue weighted by molar-refractivity contribution is 6.30. The molecule has 1 aliphatic rings. The first-order valence-corrected chi connectivity index (χ1v) is 13.6. The number of hydrogen-bond acceptors (Lipinski definition) is 10. The number of imide groups is 1. The minimum atomic E-state index is -1.11. The minimum absolute atomic E-state index is 0.0170. The molecule has 3 aromatic carbocycles. The van der Waals surface area contributed by atoms with E-state index in [-0.39, 0.29) is 30.9 Å². The van der Waals surface area contributed by atoms with Gasteiger partial charge in [-0.2, -0.15) is 0 Å². The summed E-state index contributed by atoms with van der Waals surface area (Å²) >= 11 is 6.24. The number of nitro groups is 1. The number of non-ortho nitro benzene ring substituents is 1. The summed E-state index contributed by atoms with van der Waals surface area (Å²) < 4.78 is 27.2. The van der Waals surface area contributed by atoms with Crippen LogP contribution >= 0.6 is 11.6 Å². The highest BCUT2D eigenvalue weighted by atomic mass is 35.5. The van der Waals surface area contributed by atoms with Gasteiger partial charge in [-0.1, -0.05) is 11.6 Å². The van der Waals surface area contributed by atoms with Gasteiger partial charge in [0.2, 0.25) is 11.8 Å². The Morgan fingerprint density at radius 1 is 0.909 bits per heavy atom. The molecule has 1 aliphatic heterocycles. The number of amides is 3. The fourth-order valence-electron chi connectivity index (χ4n) is 4.83. The van der Waals surface area contributed by atoms with Crippen LogP contribution in [0.15, 0.2) is 54.6 Å². The average Bonchev–Trinajstić information content (AvgIpc) is 3.13. The molecular formula is C30H30ClN3O10. The maximum atomic E-state index is 13.9. The van der Waals surface area contributed by atoms with E-state index < -0.39 is 35.3 Å². The monoisotopic (exact) mass is 627 g/mol. The Kier molecular flexibility index (Phi) is 10.1. The maximum Gasteiger partial charge on any atom is 0.422 e. The van der Waals surface area contributed by atoms with Gasteiger partial charge in [-0.3, -0.25) is 19.7 Å². The minimum Gasteiger partial charge on any atom is -0.496 e. The third kappa shape index (κ3) is 7.11. The van der Waals surface area contributed by atoms with Gasteiger partial charge in [0.25, 0.3) is 5.69 Å². The molecule has 0 aromatic heterocycles. The fourth-order valence-corrected chi connectivity index (χ4v) is 5.02. The molecule has 3 amide bonds. The van der Waals surface area contributed by atoms with Gasteiger partial charge in [-0.15, -0.1) is 0 Å². The smallest absolute Gasteiger partial charge is 0.422 e. The zero-order valence-corrected chi connectivity index (χ0v) is 25.2. The first-order chi connectivity index (χ1) is 21.1. The molecule has 3 aromatic rings. The number of nitrogens with zero attached hydrogens (tertiary/aromatic N) is 3. The molecule has 232 valence electrons. The summed E-state index contributed by atoms with van der Waals surface area (Å²) in [6, 6.07) is 13.0. The van der Waals surface area contributed by atoms with E-state index in [0.717, 1.165) is 17.0 Å². The maximum absolute atomic E-state index is 13.9. The van der Waals surface area contributed by atoms with Crippen molar-refractivity contribution in [2.75, 3.05) is 41.5 Å². The van der Waals surface area contributed by atoms with Gasteiger partial charge in [0.15, 0.2) is 0 Å². The lowest BCUT2D eigenvalue weighted by molar-refractivity contribution is -0.384. The van der Waals surface area contributed by atoms with Gasteiger partial charge in [0.05, 0.1) is 51.4 Å². The van der Waals surface area contributed by atoms with Gasteiger partial charge in [-0.25, -0.2) is 9.69 Å². The highest BCUT2D eigenvalue weighted by Crippen LogP contribution is 2.36. The van der Waals surface area contributed by atoms with Gasteiger partial charge >= 0.3 is 6.09 Å². The number of carbonyl (C=O) groups excluding carboxylic acids is 3. The SMILES string of the molecule is COc1cc(OC)c(CN2CC(Cc3cc(Cl)ccc3OC)C(=O)N(C(=O)Oc3ccc([N+](=O)[O-])cc3)CC2=O)c(OC)c1. The molecular weight excluding hydrogens is 598 g/mol. The number of rotatable bonds is 10. The normalized spacial score (nSPS) is 15.0. The Hall–Kier alpha value is -5.04. The summed E-state index contributed by atoms with van der Waals surface area (Å²) in [5.41, 5.74) is 0.912. The summed E-state index contributed by atoms with van der Waals surface area (Å²) in [6.07, 6.45) is -1.04. The zero-order chi connectivity index (χ0) is 32.0. The molecule has 0 radical (unpaired) electrons. The van der Waals surface area contributed by atoms with Crippen LogP contribution in [0.25, 0.3) is 0 Å². The van der Waals surface area contributed by atoms with E-state index in [9.17, 15) is 24.5 Å². The number of carbonyl (C=O) groups is 3. The molecule has 1 atom stereocenters. The molecule has 0 saturated carbocycles. The molecule has 4 rings (SSSR count). The second kappa shape index (κ2) is 14.0. The lowest BCUT2D eigenvalue weighted by Gasteiger charge is -2.26. The van der Waals surface area contributed by atoms with E-state index in [0.29, 0.717) is 39.1 Å². The van der Waals surface area contributed by atoms with Crippen LogP contribution in [0.4, 0.5) is 10.5 Å². The van der Waals surface area contributed by atoms with Crippen LogP contribution in [0.5, 0.6) is 28.7 Å². The van der Waals surface area contributed by atoms with E-state index in [4.69, 9.17) is 35.3 Å². The summed E-state index contributed by atoms with van der Waals surface area (Å²) in [7, 11) is 5.91. The standard InChI is InChI=1S/C30H30ClN3O10/c1-40-23-13-26(42-3)24(27(14-23)43-4)16-32-15-19(11-18-12-20(31)5-10-25(18)41-2)29(36)33(17-28(32)35)30(37)44-22-8-6-21(7-9-22)34(38)39/h5-10,12-14,19H,11,15-17H2,1-4H3. The van der Waals surface area contributed by atoms with Gasteiger partial charge < -0.3 is 28.6 Å². The Labute approximate surface area is 257 Å². The van der Waals surface area contributed by atoms with E-state index in [1.54, 1.807) is 30.3 Å². The molecule has 0 aliphatic carbocycles. The number of halogens is 1. The number of hydrogen-bond donors (Lipinski definition) is 0. The Morgan fingerprint density at radius 3 is 2.11 bits per heavy atom. The van der Waals surface area contributed by atoms with Crippen LogP contribution in [0.1, 0.15) is 11.1 Å². The Morgan fingerprint density at radius 2 is 1.55 bits per heavy atom. The average molecular weight is 628 g/mol. The number of ether oxygens (including phenoxy) is 5. The molecule has 13 nitrogen and oxygen atoms in total. The fraction of sp³-hybridized carbons (Fsp3) is 0.300. The second-order valence-electron chi connectivity index (χ2n) is 9.69. The summed E-state index contributed by atoms with van der Waals surface area (Å²) in [5, 5.41) is 11.4. The van der Waals surface area contributed by atoms with Crippen molar-refractivity contribution in [2.24, 2.45) is 5.92 Å². The van der Waals surface area contributed by atoms with Crippen LogP contribution < -0.4 is 23.7 Å². The predicted octanol–water partition coefficient (Wildman–Crippen LogP) is 4.51. The molecule has 0 spiro atoms. The largest absolute Gasteiger partial charge is 0.496 e. The predicted molar refractivity (Wildman–Crippen MR) is 158 cm³/mol. The van der Waals surface area contributed by atoms with Crippen molar-refractivity contribution in [3.05, 3.63) is 80.9 Å². The molecule has 44 heavy (non-hydrogen) atoms. The second-order valence-corrected chi connectivity index (χ2v) is 10.1. The van der Waals surface area contributed by atoms with Crippen LogP contribution in [-0.2, 0) is 22.6 Å². The molecule has 1 unspecified atom stereocenters. The van der Waals surface area contributed by atoms with Crippen LogP contribution in [0.3, 0.4) is 0 Å². The number of methoxy groups -OCH3 is 4. The highest BCUT2D eigenvalue weighted by Gasteiger charge is 2.39. The molecule has 1 fully saturated rings. The number of nitro benzene ring substituents is 1. The molecule has 1 heterocycles. The number of benzene rings is 3. The van der Waals surface area contributed by atoms with Gasteiger partial charge in [0.1, 0.15) is 35.3 Å². The topological polar surface area (TPSA) is 147 Å². The molecule has 14 heteroatoms. The lowest BCUT2D eigenvalue weighted by Crippen LogP contribution is -2.44. The first kappa shape index (κ1) is 31.9. The molecule has 0 bridgehead atoms. The van der Waals surface area contributed by atoms with E-state index in [1.165, 1.54) is 45.5 Å². The summed E-state index contributed by atoms with van der Waals surface area (Å²) in [5.74, 6) is -0.424. The zero-order valence-electron chi connectivity index (χ0n) is 24.4. The van der Waals surface area contributed by atoms with Crippen LogP contribution in [-0.4, -0.2) is 74.2 Å². The van der Waals surface area contributed by atoms with Crippen molar-refractivity contribution in [3.63, 3.8) is 0 Å². The van der Waals surface area contributed by atoms with E-state index in [1.807, 2.05) is 0 Å².